The summed E-state index contributed by atoms with van der Waals surface area (Å²) in [6.07, 6.45) is 3.58. The summed E-state index contributed by atoms with van der Waals surface area (Å²) in [6.45, 7) is 10.8. The van der Waals surface area contributed by atoms with Crippen LogP contribution in [0.4, 0.5) is 4.39 Å². The molecule has 110 valence electrons. The smallest absolute Gasteiger partial charge is 0.118 e. The van der Waals surface area contributed by atoms with Crippen molar-refractivity contribution in [2.75, 3.05) is 6.54 Å². The van der Waals surface area contributed by atoms with Gasteiger partial charge in [-0.3, -0.25) is 4.68 Å². The van der Waals surface area contributed by atoms with Gasteiger partial charge < -0.3 is 5.32 Å². The molecule has 0 radical (unpaired) electrons. The Hall–Kier alpha value is -0.900. The Kier molecular flexibility index (Phi) is 5.98. The number of nitrogens with zero attached hydrogens (tertiary/aromatic N) is 2. The molecule has 1 aromatic heterocycles. The molecule has 1 heterocycles. The van der Waals surface area contributed by atoms with Crippen LogP contribution in [0.3, 0.4) is 0 Å². The van der Waals surface area contributed by atoms with E-state index in [9.17, 15) is 4.39 Å². The summed E-state index contributed by atoms with van der Waals surface area (Å²) in [5.41, 5.74) is 0.800. The molecule has 0 saturated carbocycles. The molecule has 1 atom stereocenters. The third-order valence-electron chi connectivity index (χ3n) is 3.26. The van der Waals surface area contributed by atoms with E-state index in [1.165, 1.54) is 0 Å². The van der Waals surface area contributed by atoms with Crippen molar-refractivity contribution in [2.45, 2.75) is 71.6 Å². The van der Waals surface area contributed by atoms with E-state index >= 15 is 0 Å². The predicted molar refractivity (Wildman–Crippen MR) is 78.2 cm³/mol. The van der Waals surface area contributed by atoms with Gasteiger partial charge in [-0.25, -0.2) is 4.39 Å². The molecule has 0 aliphatic rings. The summed E-state index contributed by atoms with van der Waals surface area (Å²) in [5.74, 6) is 0. The van der Waals surface area contributed by atoms with E-state index in [2.05, 4.69) is 24.3 Å². The van der Waals surface area contributed by atoms with Crippen LogP contribution in [0.25, 0.3) is 0 Å². The van der Waals surface area contributed by atoms with Crippen LogP contribution < -0.4 is 5.32 Å². The third-order valence-corrected chi connectivity index (χ3v) is 3.26. The number of aromatic nitrogens is 2. The van der Waals surface area contributed by atoms with Gasteiger partial charge in [0.2, 0.25) is 0 Å². The molecule has 1 unspecified atom stereocenters. The molecule has 0 aliphatic carbocycles. The van der Waals surface area contributed by atoms with E-state index in [0.29, 0.717) is 19.0 Å². The van der Waals surface area contributed by atoms with Crippen molar-refractivity contribution in [2.24, 2.45) is 0 Å². The second-order valence-corrected chi connectivity index (χ2v) is 6.19. The van der Waals surface area contributed by atoms with Crippen molar-refractivity contribution < 1.29 is 4.39 Å². The lowest BCUT2D eigenvalue weighted by molar-refractivity contribution is 0.282. The topological polar surface area (TPSA) is 29.9 Å². The van der Waals surface area contributed by atoms with Crippen LogP contribution in [0.1, 0.15) is 59.2 Å². The Morgan fingerprint density at radius 1 is 1.32 bits per heavy atom. The number of hydrogen-bond donors (Lipinski definition) is 1. The molecule has 19 heavy (non-hydrogen) atoms. The van der Waals surface area contributed by atoms with Crippen molar-refractivity contribution in [3.63, 3.8) is 0 Å². The van der Waals surface area contributed by atoms with Crippen molar-refractivity contribution in [3.05, 3.63) is 18.0 Å². The van der Waals surface area contributed by atoms with E-state index in [4.69, 9.17) is 0 Å². The first-order valence-electron chi connectivity index (χ1n) is 7.28. The van der Waals surface area contributed by atoms with Gasteiger partial charge in [0.05, 0.1) is 11.7 Å². The maximum absolute atomic E-state index is 13.9. The van der Waals surface area contributed by atoms with E-state index in [1.807, 2.05) is 37.7 Å². The van der Waals surface area contributed by atoms with E-state index in [1.54, 1.807) is 0 Å². The lowest BCUT2D eigenvalue weighted by Gasteiger charge is -2.21. The first kappa shape index (κ1) is 16.2. The minimum atomic E-state index is -0.885. The minimum Gasteiger partial charge on any atom is -0.309 e. The Balaban J connectivity index is 2.49. The van der Waals surface area contributed by atoms with Crippen molar-refractivity contribution in [3.8, 4) is 0 Å². The maximum atomic E-state index is 13.9. The van der Waals surface area contributed by atoms with Crippen LogP contribution in [0.2, 0.25) is 0 Å². The lowest BCUT2D eigenvalue weighted by atomic mass is 10.1. The zero-order valence-corrected chi connectivity index (χ0v) is 12.9. The summed E-state index contributed by atoms with van der Waals surface area (Å²) >= 11 is 0. The van der Waals surface area contributed by atoms with Gasteiger partial charge in [0, 0.05) is 24.7 Å². The second kappa shape index (κ2) is 7.04. The number of halogens is 1. The molecule has 0 saturated heterocycles. The van der Waals surface area contributed by atoms with Gasteiger partial charge in [0.25, 0.3) is 0 Å². The quantitative estimate of drug-likeness (QED) is 0.821. The monoisotopic (exact) mass is 269 g/mol. The first-order chi connectivity index (χ1) is 8.85. The Bertz CT molecular complexity index is 364. The third kappa shape index (κ3) is 5.72. The predicted octanol–water partition coefficient (Wildman–Crippen LogP) is 3.51. The van der Waals surface area contributed by atoms with Crippen molar-refractivity contribution in [1.82, 2.24) is 15.1 Å². The van der Waals surface area contributed by atoms with Gasteiger partial charge in [-0.05, 0) is 39.7 Å². The lowest BCUT2D eigenvalue weighted by Crippen LogP contribution is -2.40. The van der Waals surface area contributed by atoms with Crippen LogP contribution in [-0.4, -0.2) is 28.0 Å². The fourth-order valence-corrected chi connectivity index (χ4v) is 2.07. The second-order valence-electron chi connectivity index (χ2n) is 6.19. The van der Waals surface area contributed by atoms with Gasteiger partial charge in [0.15, 0.2) is 0 Å². The van der Waals surface area contributed by atoms with Crippen LogP contribution in [0, 0.1) is 0 Å². The highest BCUT2D eigenvalue weighted by molar-refractivity contribution is 5.01. The molecule has 0 aliphatic heterocycles. The van der Waals surface area contributed by atoms with Crippen LogP contribution >= 0.6 is 0 Å². The average molecular weight is 269 g/mol. The zero-order chi connectivity index (χ0) is 14.5. The van der Waals surface area contributed by atoms with Gasteiger partial charge in [0.1, 0.15) is 6.17 Å². The molecule has 1 N–H and O–H groups in total. The summed E-state index contributed by atoms with van der Waals surface area (Å²) < 4.78 is 15.9. The van der Waals surface area contributed by atoms with Crippen molar-refractivity contribution in [1.29, 1.82) is 0 Å². The summed E-state index contributed by atoms with van der Waals surface area (Å²) in [6, 6.07) is 2.36. The number of alkyl halides is 1. The van der Waals surface area contributed by atoms with Crippen LogP contribution in [-0.2, 0) is 6.42 Å². The molecule has 4 heteroatoms. The summed E-state index contributed by atoms with van der Waals surface area (Å²) in [7, 11) is 0. The van der Waals surface area contributed by atoms with Gasteiger partial charge in [-0.2, -0.15) is 5.10 Å². The summed E-state index contributed by atoms with van der Waals surface area (Å²) in [5, 5.41) is 7.67. The standard InChI is InChI=1S/C15H28FN3/c1-6-14(7-2)19-9-8-13(18-19)10-12(16)11-17-15(3,4)5/h8-9,12,14,17H,6-7,10-11H2,1-5H3. The molecule has 1 aromatic rings. The van der Waals surface area contributed by atoms with Crippen LogP contribution in [0.5, 0.6) is 0 Å². The van der Waals surface area contributed by atoms with E-state index in [0.717, 1.165) is 18.5 Å². The molecular weight excluding hydrogens is 241 g/mol. The van der Waals surface area contributed by atoms with Crippen molar-refractivity contribution >= 4 is 0 Å². The van der Waals surface area contributed by atoms with Crippen LogP contribution in [0.15, 0.2) is 12.3 Å². The highest BCUT2D eigenvalue weighted by Crippen LogP contribution is 2.15. The number of rotatable bonds is 7. The molecule has 1 rings (SSSR count). The highest BCUT2D eigenvalue weighted by atomic mass is 19.1. The van der Waals surface area contributed by atoms with Gasteiger partial charge in [-0.15, -0.1) is 0 Å². The zero-order valence-electron chi connectivity index (χ0n) is 12.9. The number of hydrogen-bond acceptors (Lipinski definition) is 2. The van der Waals surface area contributed by atoms with E-state index < -0.39 is 6.17 Å². The maximum Gasteiger partial charge on any atom is 0.118 e. The molecule has 0 fully saturated rings. The van der Waals surface area contributed by atoms with E-state index in [-0.39, 0.29) is 5.54 Å². The average Bonchev–Trinajstić information content (AvgIpc) is 2.76. The Morgan fingerprint density at radius 3 is 2.47 bits per heavy atom. The van der Waals surface area contributed by atoms with Gasteiger partial charge in [-0.1, -0.05) is 13.8 Å². The molecule has 0 aromatic carbocycles. The molecule has 0 bridgehead atoms. The first-order valence-corrected chi connectivity index (χ1v) is 7.28. The normalized spacial score (nSPS) is 14.1. The minimum absolute atomic E-state index is 0.0424. The Labute approximate surface area is 116 Å². The fourth-order valence-electron chi connectivity index (χ4n) is 2.07. The molecular formula is C15H28FN3. The Morgan fingerprint density at radius 2 is 1.95 bits per heavy atom. The largest absolute Gasteiger partial charge is 0.309 e. The highest BCUT2D eigenvalue weighted by Gasteiger charge is 2.15. The van der Waals surface area contributed by atoms with Gasteiger partial charge >= 0.3 is 0 Å². The summed E-state index contributed by atoms with van der Waals surface area (Å²) in [4.78, 5) is 0. The molecule has 0 amide bonds. The molecule has 0 spiro atoms. The molecule has 3 nitrogen and oxygen atoms in total. The number of nitrogens with one attached hydrogen (secondary N) is 1. The fraction of sp³-hybridized carbons (Fsp3) is 0.800. The SMILES string of the molecule is CCC(CC)n1ccc(CC(F)CNC(C)(C)C)n1.